The van der Waals surface area contributed by atoms with Gasteiger partial charge in [0.1, 0.15) is 10.6 Å². The summed E-state index contributed by atoms with van der Waals surface area (Å²) in [5.74, 6) is 7.48. The molecule has 0 radical (unpaired) electrons. The van der Waals surface area contributed by atoms with Crippen LogP contribution in [0.15, 0.2) is 35.7 Å². The second-order valence-electron chi connectivity index (χ2n) is 3.88. The Hall–Kier alpha value is -2.18. The largest absolute Gasteiger partial charge is 0.496 e. The van der Waals surface area contributed by atoms with Gasteiger partial charge in [-0.1, -0.05) is 12.1 Å². The summed E-state index contributed by atoms with van der Waals surface area (Å²) in [5, 5.41) is 2.89. The fraction of sp³-hybridized carbons (Fsp3) is 0.0769. The molecule has 6 heteroatoms. The van der Waals surface area contributed by atoms with Crippen LogP contribution in [0, 0.1) is 0 Å². The SMILES string of the molecule is COc1ccccc1-c1nc(NN)c2ccsc2n1. The van der Waals surface area contributed by atoms with Crippen LogP contribution < -0.4 is 16.0 Å². The number of hydrogen-bond donors (Lipinski definition) is 2. The van der Waals surface area contributed by atoms with E-state index in [1.165, 1.54) is 0 Å². The zero-order valence-electron chi connectivity index (χ0n) is 10.3. The first-order valence-corrected chi connectivity index (χ1v) is 6.56. The first kappa shape index (κ1) is 11.9. The number of nitrogens with one attached hydrogen (secondary N) is 1. The predicted octanol–water partition coefficient (Wildman–Crippen LogP) is 2.65. The summed E-state index contributed by atoms with van der Waals surface area (Å²) in [6.07, 6.45) is 0. The molecule has 3 aromatic rings. The summed E-state index contributed by atoms with van der Waals surface area (Å²) in [7, 11) is 1.63. The van der Waals surface area contributed by atoms with Gasteiger partial charge >= 0.3 is 0 Å². The zero-order chi connectivity index (χ0) is 13.2. The number of methoxy groups -OCH3 is 1. The van der Waals surface area contributed by atoms with Crippen molar-refractivity contribution in [2.75, 3.05) is 12.5 Å². The number of fused-ring (bicyclic) bond motifs is 1. The van der Waals surface area contributed by atoms with E-state index in [0.29, 0.717) is 11.6 Å². The van der Waals surface area contributed by atoms with Crippen LogP contribution in [0.2, 0.25) is 0 Å². The number of rotatable bonds is 3. The third-order valence-corrected chi connectivity index (χ3v) is 3.62. The first-order chi connectivity index (χ1) is 9.33. The van der Waals surface area contributed by atoms with E-state index >= 15 is 0 Å². The van der Waals surface area contributed by atoms with Crippen LogP contribution >= 0.6 is 11.3 Å². The number of hydrazine groups is 1. The van der Waals surface area contributed by atoms with Crippen LogP contribution in [0.3, 0.4) is 0 Å². The van der Waals surface area contributed by atoms with E-state index in [1.54, 1.807) is 18.4 Å². The van der Waals surface area contributed by atoms with E-state index in [1.807, 2.05) is 35.7 Å². The number of para-hydroxylation sites is 1. The molecule has 0 saturated carbocycles. The molecule has 1 aromatic carbocycles. The normalized spacial score (nSPS) is 10.6. The van der Waals surface area contributed by atoms with Crippen molar-refractivity contribution in [3.8, 4) is 17.1 Å². The molecule has 19 heavy (non-hydrogen) atoms. The molecular weight excluding hydrogens is 260 g/mol. The number of benzene rings is 1. The van der Waals surface area contributed by atoms with Crippen molar-refractivity contribution in [3.63, 3.8) is 0 Å². The molecule has 2 aromatic heterocycles. The molecule has 0 atom stereocenters. The number of nitrogens with two attached hydrogens (primary N) is 1. The molecule has 0 aliphatic carbocycles. The molecule has 0 amide bonds. The standard InChI is InChI=1S/C13H12N4OS/c1-18-10-5-3-2-4-8(10)11-15-12(17-14)9-6-7-19-13(9)16-11/h2-7H,14H2,1H3,(H,15,16,17). The molecule has 96 valence electrons. The predicted molar refractivity (Wildman–Crippen MR) is 77.2 cm³/mol. The molecule has 0 saturated heterocycles. The van der Waals surface area contributed by atoms with Gasteiger partial charge in [0.05, 0.1) is 18.1 Å². The molecule has 0 aliphatic heterocycles. The van der Waals surface area contributed by atoms with Gasteiger partial charge < -0.3 is 10.2 Å². The lowest BCUT2D eigenvalue weighted by atomic mass is 10.2. The number of nitrogen functional groups attached to an aromatic ring is 1. The van der Waals surface area contributed by atoms with Crippen molar-refractivity contribution in [2.45, 2.75) is 0 Å². The topological polar surface area (TPSA) is 73.1 Å². The fourth-order valence-corrected chi connectivity index (χ4v) is 2.68. The van der Waals surface area contributed by atoms with Gasteiger partial charge in [-0.3, -0.25) is 0 Å². The van der Waals surface area contributed by atoms with Crippen molar-refractivity contribution in [3.05, 3.63) is 35.7 Å². The molecular formula is C13H12N4OS. The maximum Gasteiger partial charge on any atom is 0.166 e. The van der Waals surface area contributed by atoms with E-state index in [2.05, 4.69) is 15.4 Å². The summed E-state index contributed by atoms with van der Waals surface area (Å²) >= 11 is 1.55. The van der Waals surface area contributed by atoms with E-state index < -0.39 is 0 Å². The third kappa shape index (κ3) is 2.00. The molecule has 0 bridgehead atoms. The van der Waals surface area contributed by atoms with Gasteiger partial charge in [0.25, 0.3) is 0 Å². The highest BCUT2D eigenvalue weighted by Gasteiger charge is 2.12. The number of nitrogens with zero attached hydrogens (tertiary/aromatic N) is 2. The zero-order valence-corrected chi connectivity index (χ0v) is 11.1. The van der Waals surface area contributed by atoms with Crippen LogP contribution in [0.1, 0.15) is 0 Å². The number of anilines is 1. The second kappa shape index (κ2) is 4.83. The number of ether oxygens (including phenoxy) is 1. The minimum absolute atomic E-state index is 0.598. The highest BCUT2D eigenvalue weighted by atomic mass is 32.1. The monoisotopic (exact) mass is 272 g/mol. The number of thiophene rings is 1. The van der Waals surface area contributed by atoms with Crippen molar-refractivity contribution in [2.24, 2.45) is 5.84 Å². The molecule has 5 nitrogen and oxygen atoms in total. The Labute approximate surface area is 114 Å². The van der Waals surface area contributed by atoms with Gasteiger partial charge in [-0.05, 0) is 23.6 Å². The lowest BCUT2D eigenvalue weighted by molar-refractivity contribution is 0.416. The van der Waals surface area contributed by atoms with Crippen molar-refractivity contribution < 1.29 is 4.74 Å². The lowest BCUT2D eigenvalue weighted by Crippen LogP contribution is -2.09. The molecule has 3 N–H and O–H groups in total. The number of aromatic nitrogens is 2. The van der Waals surface area contributed by atoms with Gasteiger partial charge in [0, 0.05) is 0 Å². The summed E-state index contributed by atoms with van der Waals surface area (Å²) in [6, 6.07) is 9.59. The van der Waals surface area contributed by atoms with Gasteiger partial charge in [0.15, 0.2) is 11.6 Å². The van der Waals surface area contributed by atoms with E-state index in [0.717, 1.165) is 21.5 Å². The lowest BCUT2D eigenvalue weighted by Gasteiger charge is -2.08. The van der Waals surface area contributed by atoms with Crippen LogP contribution in [-0.4, -0.2) is 17.1 Å². The van der Waals surface area contributed by atoms with Gasteiger partial charge in [0.2, 0.25) is 0 Å². The first-order valence-electron chi connectivity index (χ1n) is 5.68. The summed E-state index contributed by atoms with van der Waals surface area (Å²) < 4.78 is 5.34. The van der Waals surface area contributed by atoms with E-state index in [-0.39, 0.29) is 0 Å². The highest BCUT2D eigenvalue weighted by molar-refractivity contribution is 7.16. The Balaban J connectivity index is 2.24. The average molecular weight is 272 g/mol. The molecule has 0 unspecified atom stereocenters. The summed E-state index contributed by atoms with van der Waals surface area (Å²) in [6.45, 7) is 0. The summed E-state index contributed by atoms with van der Waals surface area (Å²) in [5.41, 5.74) is 3.46. The molecule has 2 heterocycles. The Morgan fingerprint density at radius 1 is 1.21 bits per heavy atom. The van der Waals surface area contributed by atoms with Crippen LogP contribution in [-0.2, 0) is 0 Å². The average Bonchev–Trinajstić information content (AvgIpc) is 2.94. The second-order valence-corrected chi connectivity index (χ2v) is 4.77. The smallest absolute Gasteiger partial charge is 0.166 e. The summed E-state index contributed by atoms with van der Waals surface area (Å²) in [4.78, 5) is 9.90. The Bertz CT molecular complexity index is 725. The quantitative estimate of drug-likeness (QED) is 0.566. The van der Waals surface area contributed by atoms with Crippen molar-refractivity contribution in [1.82, 2.24) is 9.97 Å². The van der Waals surface area contributed by atoms with Crippen LogP contribution in [0.5, 0.6) is 5.75 Å². The molecule has 3 rings (SSSR count). The minimum atomic E-state index is 0.598. The van der Waals surface area contributed by atoms with Crippen molar-refractivity contribution >= 4 is 27.4 Å². The molecule has 0 aliphatic rings. The van der Waals surface area contributed by atoms with E-state index in [9.17, 15) is 0 Å². The maximum atomic E-state index is 5.53. The van der Waals surface area contributed by atoms with E-state index in [4.69, 9.17) is 10.6 Å². The molecule has 0 spiro atoms. The number of hydrogen-bond acceptors (Lipinski definition) is 6. The van der Waals surface area contributed by atoms with Crippen LogP contribution in [0.25, 0.3) is 21.6 Å². The van der Waals surface area contributed by atoms with Gasteiger partial charge in [-0.25, -0.2) is 15.8 Å². The van der Waals surface area contributed by atoms with Gasteiger partial charge in [-0.2, -0.15) is 0 Å². The highest BCUT2D eigenvalue weighted by Crippen LogP contribution is 2.31. The molecule has 0 fully saturated rings. The Kier molecular flexibility index (Phi) is 3.02. The fourth-order valence-electron chi connectivity index (χ4n) is 1.92. The van der Waals surface area contributed by atoms with Crippen LogP contribution in [0.4, 0.5) is 5.82 Å². The minimum Gasteiger partial charge on any atom is -0.496 e. The van der Waals surface area contributed by atoms with Crippen molar-refractivity contribution in [1.29, 1.82) is 0 Å². The Morgan fingerprint density at radius 2 is 2.05 bits per heavy atom. The Morgan fingerprint density at radius 3 is 2.84 bits per heavy atom. The van der Waals surface area contributed by atoms with Gasteiger partial charge in [-0.15, -0.1) is 11.3 Å². The maximum absolute atomic E-state index is 5.53. The third-order valence-electron chi connectivity index (χ3n) is 2.81.